The van der Waals surface area contributed by atoms with Crippen LogP contribution in [0.25, 0.3) is 32.9 Å². The molecule has 5 rings (SSSR count). The lowest BCUT2D eigenvalue weighted by Crippen LogP contribution is -2.09. The van der Waals surface area contributed by atoms with E-state index in [1.165, 1.54) is 10.9 Å². The van der Waals surface area contributed by atoms with E-state index in [0.717, 1.165) is 17.5 Å². The van der Waals surface area contributed by atoms with Crippen LogP contribution in [0.2, 0.25) is 5.02 Å². The second-order valence-corrected chi connectivity index (χ2v) is 7.54. The summed E-state index contributed by atoms with van der Waals surface area (Å²) in [6.45, 7) is 0. The minimum Gasteiger partial charge on any atom is -0.506 e. The molecular weight excluding hydrogens is 384 g/mol. The summed E-state index contributed by atoms with van der Waals surface area (Å²) >= 11 is 6.00. The van der Waals surface area contributed by atoms with Gasteiger partial charge in [-0.2, -0.15) is 0 Å². The first kappa shape index (κ1) is 17.6. The van der Waals surface area contributed by atoms with E-state index in [2.05, 4.69) is 16.0 Å². The first-order valence-electron chi connectivity index (χ1n) is 9.29. The molecule has 0 aliphatic rings. The molecule has 0 unspecified atom stereocenters. The zero-order valence-corrected chi connectivity index (χ0v) is 16.1. The third-order valence-electron chi connectivity index (χ3n) is 5.23. The van der Waals surface area contributed by atoms with Crippen LogP contribution in [0.3, 0.4) is 0 Å². The number of H-pyrrole nitrogens is 2. The van der Waals surface area contributed by atoms with Crippen molar-refractivity contribution in [1.29, 1.82) is 0 Å². The summed E-state index contributed by atoms with van der Waals surface area (Å²) in [7, 11) is 0. The van der Waals surface area contributed by atoms with E-state index < -0.39 is 0 Å². The Labute approximate surface area is 171 Å². The molecule has 5 aromatic rings. The quantitative estimate of drug-likeness (QED) is 0.367. The molecular formula is C24H17ClN2O2. The fourth-order valence-electron chi connectivity index (χ4n) is 3.86. The van der Waals surface area contributed by atoms with Crippen molar-refractivity contribution in [2.75, 3.05) is 0 Å². The number of hydrogen-bond acceptors (Lipinski definition) is 2. The number of aromatic amines is 2. The second kappa shape index (κ2) is 6.83. The molecule has 4 nitrogen and oxygen atoms in total. The summed E-state index contributed by atoms with van der Waals surface area (Å²) in [5.41, 5.74) is 4.45. The van der Waals surface area contributed by atoms with Gasteiger partial charge in [-0.25, -0.2) is 0 Å². The lowest BCUT2D eigenvalue weighted by molar-refractivity contribution is 0.482. The minimum absolute atomic E-state index is 0.0374. The number of para-hydroxylation sites is 1. The van der Waals surface area contributed by atoms with Gasteiger partial charge in [-0.15, -0.1) is 0 Å². The summed E-state index contributed by atoms with van der Waals surface area (Å²) in [6, 6.07) is 20.9. The Morgan fingerprint density at radius 3 is 2.66 bits per heavy atom. The Bertz CT molecular complexity index is 1430. The van der Waals surface area contributed by atoms with Crippen LogP contribution in [-0.4, -0.2) is 15.1 Å². The van der Waals surface area contributed by atoms with Gasteiger partial charge in [0.2, 0.25) is 0 Å². The Morgan fingerprint density at radius 2 is 1.76 bits per heavy atom. The van der Waals surface area contributed by atoms with Gasteiger partial charge in [0, 0.05) is 27.5 Å². The number of fused-ring (bicyclic) bond motifs is 2. The van der Waals surface area contributed by atoms with E-state index in [9.17, 15) is 9.90 Å². The fourth-order valence-corrected chi connectivity index (χ4v) is 4.03. The SMILES string of the molecule is O=c1[nH]c2cc(Cl)ccc2c(O)c1-c1cccc(Cc2c[nH]c3ccccc23)c1. The summed E-state index contributed by atoms with van der Waals surface area (Å²) in [4.78, 5) is 18.8. The monoisotopic (exact) mass is 400 g/mol. The van der Waals surface area contributed by atoms with Gasteiger partial charge >= 0.3 is 0 Å². The highest BCUT2D eigenvalue weighted by Crippen LogP contribution is 2.33. The van der Waals surface area contributed by atoms with Gasteiger partial charge in [0.15, 0.2) is 0 Å². The van der Waals surface area contributed by atoms with Crippen LogP contribution >= 0.6 is 11.6 Å². The fraction of sp³-hybridized carbons (Fsp3) is 0.0417. The van der Waals surface area contributed by atoms with Gasteiger partial charge in [0.25, 0.3) is 5.56 Å². The molecule has 3 aromatic carbocycles. The van der Waals surface area contributed by atoms with E-state index in [1.807, 2.05) is 48.7 Å². The van der Waals surface area contributed by atoms with Crippen LogP contribution in [-0.2, 0) is 6.42 Å². The zero-order chi connectivity index (χ0) is 20.0. The van der Waals surface area contributed by atoms with Crippen molar-refractivity contribution in [3.05, 3.63) is 99.4 Å². The molecule has 142 valence electrons. The molecule has 0 saturated carbocycles. The van der Waals surface area contributed by atoms with Gasteiger partial charge in [0.05, 0.1) is 11.1 Å². The molecule has 0 amide bonds. The van der Waals surface area contributed by atoms with Crippen LogP contribution in [0, 0.1) is 0 Å². The molecule has 0 saturated heterocycles. The van der Waals surface area contributed by atoms with Crippen molar-refractivity contribution in [1.82, 2.24) is 9.97 Å². The molecule has 29 heavy (non-hydrogen) atoms. The molecule has 2 heterocycles. The zero-order valence-electron chi connectivity index (χ0n) is 15.4. The van der Waals surface area contributed by atoms with E-state index in [0.29, 0.717) is 21.5 Å². The van der Waals surface area contributed by atoms with Crippen molar-refractivity contribution in [3.8, 4) is 16.9 Å². The number of pyridine rings is 1. The second-order valence-electron chi connectivity index (χ2n) is 7.10. The van der Waals surface area contributed by atoms with Crippen molar-refractivity contribution in [3.63, 3.8) is 0 Å². The number of halogens is 1. The Morgan fingerprint density at radius 1 is 0.897 bits per heavy atom. The lowest BCUT2D eigenvalue weighted by atomic mass is 9.98. The molecule has 0 fully saturated rings. The Hall–Kier alpha value is -3.50. The van der Waals surface area contributed by atoms with Crippen LogP contribution < -0.4 is 5.56 Å². The van der Waals surface area contributed by atoms with Crippen LogP contribution in [0.1, 0.15) is 11.1 Å². The normalized spacial score (nSPS) is 11.3. The van der Waals surface area contributed by atoms with Crippen molar-refractivity contribution >= 4 is 33.4 Å². The Balaban J connectivity index is 1.60. The largest absolute Gasteiger partial charge is 0.506 e. The third-order valence-corrected chi connectivity index (χ3v) is 5.47. The van der Waals surface area contributed by atoms with Crippen molar-refractivity contribution in [2.24, 2.45) is 0 Å². The van der Waals surface area contributed by atoms with E-state index in [1.54, 1.807) is 18.2 Å². The number of hydrogen-bond donors (Lipinski definition) is 3. The molecule has 0 spiro atoms. The predicted molar refractivity (Wildman–Crippen MR) is 118 cm³/mol. The highest BCUT2D eigenvalue weighted by molar-refractivity contribution is 6.31. The number of aromatic hydroxyl groups is 1. The van der Waals surface area contributed by atoms with Gasteiger partial charge < -0.3 is 15.1 Å². The molecule has 0 aliphatic heterocycles. The highest BCUT2D eigenvalue weighted by Gasteiger charge is 2.15. The summed E-state index contributed by atoms with van der Waals surface area (Å²) in [6.07, 6.45) is 2.74. The molecule has 0 radical (unpaired) electrons. The average Bonchev–Trinajstić information content (AvgIpc) is 3.11. The molecule has 0 atom stereocenters. The minimum atomic E-state index is -0.346. The van der Waals surface area contributed by atoms with Gasteiger partial charge in [-0.3, -0.25) is 4.79 Å². The summed E-state index contributed by atoms with van der Waals surface area (Å²) in [5.74, 6) is -0.0374. The lowest BCUT2D eigenvalue weighted by Gasteiger charge is -2.09. The maximum Gasteiger partial charge on any atom is 0.260 e. The number of aromatic nitrogens is 2. The van der Waals surface area contributed by atoms with Gasteiger partial charge in [-0.1, -0.05) is 54.1 Å². The van der Waals surface area contributed by atoms with E-state index in [4.69, 9.17) is 11.6 Å². The Kier molecular flexibility index (Phi) is 4.14. The first-order chi connectivity index (χ1) is 14.1. The average molecular weight is 401 g/mol. The van der Waals surface area contributed by atoms with Crippen LogP contribution in [0.5, 0.6) is 5.75 Å². The number of nitrogens with one attached hydrogen (secondary N) is 2. The summed E-state index contributed by atoms with van der Waals surface area (Å²) in [5, 5.41) is 13.0. The maximum atomic E-state index is 12.7. The van der Waals surface area contributed by atoms with Gasteiger partial charge in [-0.05, 0) is 47.4 Å². The standard InChI is InChI=1S/C24H17ClN2O2/c25-17-8-9-19-21(12-17)27-24(29)22(23(19)28)15-5-3-4-14(10-15)11-16-13-26-20-7-2-1-6-18(16)20/h1-10,12-13,26H,11H2,(H2,27,28,29). The van der Waals surface area contributed by atoms with Crippen molar-refractivity contribution in [2.45, 2.75) is 6.42 Å². The third kappa shape index (κ3) is 3.08. The molecule has 5 heteroatoms. The molecule has 3 N–H and O–H groups in total. The van der Waals surface area contributed by atoms with Crippen molar-refractivity contribution < 1.29 is 5.11 Å². The molecule has 2 aromatic heterocycles. The van der Waals surface area contributed by atoms with Crippen LogP contribution in [0.15, 0.2) is 77.7 Å². The highest BCUT2D eigenvalue weighted by atomic mass is 35.5. The molecule has 0 aliphatic carbocycles. The van der Waals surface area contributed by atoms with Gasteiger partial charge in [0.1, 0.15) is 5.75 Å². The predicted octanol–water partition coefficient (Wildman–Crippen LogP) is 5.63. The van der Waals surface area contributed by atoms with E-state index in [-0.39, 0.29) is 16.9 Å². The topological polar surface area (TPSA) is 68.9 Å². The molecule has 0 bridgehead atoms. The first-order valence-corrected chi connectivity index (χ1v) is 9.67. The van der Waals surface area contributed by atoms with E-state index >= 15 is 0 Å². The maximum absolute atomic E-state index is 12.7. The number of rotatable bonds is 3. The number of benzene rings is 3. The van der Waals surface area contributed by atoms with Crippen LogP contribution in [0.4, 0.5) is 0 Å². The smallest absolute Gasteiger partial charge is 0.260 e. The summed E-state index contributed by atoms with van der Waals surface area (Å²) < 4.78 is 0.